The van der Waals surface area contributed by atoms with Gasteiger partial charge in [-0.2, -0.15) is 4.98 Å². The molecule has 0 unspecified atom stereocenters. The van der Waals surface area contributed by atoms with Crippen LogP contribution in [0.4, 0.5) is 17.6 Å². The fraction of sp³-hybridized carbons (Fsp3) is 0.300. The first-order valence-electron chi connectivity index (χ1n) is 9.29. The second-order valence-electron chi connectivity index (χ2n) is 8.04. The van der Waals surface area contributed by atoms with E-state index in [-0.39, 0.29) is 33.6 Å². The Morgan fingerprint density at radius 3 is 2.34 bits per heavy atom. The van der Waals surface area contributed by atoms with Crippen LogP contribution in [-0.2, 0) is 10.0 Å². The highest BCUT2D eigenvalue weighted by Gasteiger charge is 2.61. The maximum atomic E-state index is 13.7. The average molecular weight is 471 g/mol. The zero-order valence-electron chi connectivity index (χ0n) is 16.7. The Balaban J connectivity index is 1.60. The molecular weight excluding hydrogens is 454 g/mol. The summed E-state index contributed by atoms with van der Waals surface area (Å²) in [5.41, 5.74) is 0.621. The molecule has 4 rings (SSSR count). The first-order chi connectivity index (χ1) is 14.8. The molecule has 1 saturated carbocycles. The van der Waals surface area contributed by atoms with Gasteiger partial charge in [0.25, 0.3) is 5.89 Å². The SMILES string of the molecule is CC1(C)[C@@H](c2ccc(S(N)(=O)=O)cc2)[C@@H]1c1noc(-c2ccc(F)c(OC(F)(F)F)c2)n1. The second-order valence-corrected chi connectivity index (χ2v) is 9.60. The van der Waals surface area contributed by atoms with E-state index in [1.807, 2.05) is 13.8 Å². The van der Waals surface area contributed by atoms with Crippen molar-refractivity contribution in [3.63, 3.8) is 0 Å². The van der Waals surface area contributed by atoms with Crippen LogP contribution in [0.1, 0.15) is 37.1 Å². The number of hydrogen-bond donors (Lipinski definition) is 1. The number of sulfonamides is 1. The van der Waals surface area contributed by atoms with Crippen molar-refractivity contribution in [2.75, 3.05) is 0 Å². The summed E-state index contributed by atoms with van der Waals surface area (Å²) in [6, 6.07) is 9.01. The van der Waals surface area contributed by atoms with E-state index in [0.29, 0.717) is 5.82 Å². The largest absolute Gasteiger partial charge is 0.573 e. The molecule has 0 spiro atoms. The Morgan fingerprint density at radius 2 is 1.75 bits per heavy atom. The van der Waals surface area contributed by atoms with Gasteiger partial charge >= 0.3 is 6.36 Å². The lowest BCUT2D eigenvalue weighted by Gasteiger charge is -2.09. The van der Waals surface area contributed by atoms with Gasteiger partial charge < -0.3 is 9.26 Å². The number of halogens is 4. The van der Waals surface area contributed by atoms with Gasteiger partial charge in [0.2, 0.25) is 10.0 Å². The maximum absolute atomic E-state index is 13.7. The summed E-state index contributed by atoms with van der Waals surface area (Å²) in [5, 5.41) is 9.08. The molecule has 0 amide bonds. The molecule has 1 aliphatic rings. The second kappa shape index (κ2) is 7.27. The Kier molecular flexibility index (Phi) is 5.05. The summed E-state index contributed by atoms with van der Waals surface area (Å²) in [7, 11) is -3.81. The molecule has 0 radical (unpaired) electrons. The van der Waals surface area contributed by atoms with Crippen LogP contribution in [0.5, 0.6) is 5.75 Å². The molecule has 1 fully saturated rings. The van der Waals surface area contributed by atoms with Gasteiger partial charge in [0, 0.05) is 17.4 Å². The molecule has 1 heterocycles. The van der Waals surface area contributed by atoms with Crippen molar-refractivity contribution in [1.29, 1.82) is 0 Å². The highest BCUT2D eigenvalue weighted by molar-refractivity contribution is 7.89. The van der Waals surface area contributed by atoms with E-state index in [4.69, 9.17) is 9.66 Å². The molecule has 0 aliphatic heterocycles. The third kappa shape index (κ3) is 4.19. The molecule has 12 heteroatoms. The Hall–Kier alpha value is -2.99. The quantitative estimate of drug-likeness (QED) is 0.555. The van der Waals surface area contributed by atoms with Crippen molar-refractivity contribution < 1.29 is 35.2 Å². The molecule has 170 valence electrons. The van der Waals surface area contributed by atoms with E-state index >= 15 is 0 Å². The molecule has 0 bridgehead atoms. The Bertz CT molecular complexity index is 1270. The molecule has 2 N–H and O–H groups in total. The molecular formula is C20H17F4N3O4S. The third-order valence-electron chi connectivity index (χ3n) is 5.52. The van der Waals surface area contributed by atoms with Crippen LogP contribution in [0.2, 0.25) is 0 Å². The lowest BCUT2D eigenvalue weighted by atomic mass is 10.0. The minimum atomic E-state index is -5.05. The lowest BCUT2D eigenvalue weighted by Crippen LogP contribution is -2.18. The van der Waals surface area contributed by atoms with Gasteiger partial charge in [0.05, 0.1) is 4.90 Å². The average Bonchev–Trinajstić information content (AvgIpc) is 3.00. The van der Waals surface area contributed by atoms with Crippen LogP contribution in [0.25, 0.3) is 11.5 Å². The van der Waals surface area contributed by atoms with Gasteiger partial charge in [-0.25, -0.2) is 17.9 Å². The number of aromatic nitrogens is 2. The smallest absolute Gasteiger partial charge is 0.403 e. The predicted octanol–water partition coefficient (Wildman–Crippen LogP) is 4.33. The summed E-state index contributed by atoms with van der Waals surface area (Å²) in [5.74, 6) is -2.19. The van der Waals surface area contributed by atoms with Gasteiger partial charge in [-0.1, -0.05) is 31.1 Å². The molecule has 3 aromatic rings. The molecule has 32 heavy (non-hydrogen) atoms. The third-order valence-corrected chi connectivity index (χ3v) is 6.45. The minimum Gasteiger partial charge on any atom is -0.403 e. The predicted molar refractivity (Wildman–Crippen MR) is 103 cm³/mol. The van der Waals surface area contributed by atoms with Crippen molar-refractivity contribution in [2.24, 2.45) is 10.6 Å². The van der Waals surface area contributed by atoms with E-state index < -0.39 is 28.0 Å². The lowest BCUT2D eigenvalue weighted by molar-refractivity contribution is -0.275. The van der Waals surface area contributed by atoms with Crippen LogP contribution in [-0.4, -0.2) is 24.9 Å². The monoisotopic (exact) mass is 471 g/mol. The first kappa shape index (κ1) is 22.2. The van der Waals surface area contributed by atoms with Crippen LogP contribution in [0.15, 0.2) is 51.9 Å². The number of nitrogens with two attached hydrogens (primary N) is 1. The van der Waals surface area contributed by atoms with E-state index in [0.717, 1.165) is 17.7 Å². The normalized spacial score (nSPS) is 20.2. The van der Waals surface area contributed by atoms with Crippen LogP contribution in [0.3, 0.4) is 0 Å². The van der Waals surface area contributed by atoms with Crippen LogP contribution < -0.4 is 9.88 Å². The van der Waals surface area contributed by atoms with Gasteiger partial charge in [-0.15, -0.1) is 13.2 Å². The van der Waals surface area contributed by atoms with Crippen molar-refractivity contribution in [2.45, 2.75) is 36.9 Å². The van der Waals surface area contributed by atoms with Crippen molar-refractivity contribution in [3.8, 4) is 17.2 Å². The molecule has 2 atom stereocenters. The number of primary sulfonamides is 1. The number of alkyl halides is 3. The van der Waals surface area contributed by atoms with E-state index in [9.17, 15) is 26.0 Å². The molecule has 0 saturated heterocycles. The Morgan fingerprint density at radius 1 is 1.09 bits per heavy atom. The zero-order chi connectivity index (χ0) is 23.5. The summed E-state index contributed by atoms with van der Waals surface area (Å²) in [4.78, 5) is 4.28. The molecule has 2 aromatic carbocycles. The molecule has 1 aliphatic carbocycles. The maximum Gasteiger partial charge on any atom is 0.573 e. The van der Waals surface area contributed by atoms with E-state index in [1.165, 1.54) is 18.2 Å². The Labute approximate surface area is 180 Å². The van der Waals surface area contributed by atoms with Gasteiger partial charge in [0.1, 0.15) is 0 Å². The topological polar surface area (TPSA) is 108 Å². The fourth-order valence-electron chi connectivity index (χ4n) is 3.92. The number of hydrogen-bond acceptors (Lipinski definition) is 6. The molecule has 1 aromatic heterocycles. The fourth-order valence-corrected chi connectivity index (χ4v) is 4.44. The van der Waals surface area contributed by atoms with Gasteiger partial charge in [0.15, 0.2) is 17.4 Å². The minimum absolute atomic E-state index is 0.00806. The number of nitrogens with zero attached hydrogens (tertiary/aromatic N) is 2. The summed E-state index contributed by atoms with van der Waals surface area (Å²) in [6.07, 6.45) is -5.05. The van der Waals surface area contributed by atoms with Gasteiger partial charge in [-0.3, -0.25) is 0 Å². The standard InChI is InChI=1S/C20H17F4N3O4S/c1-19(2)15(10-3-6-12(7-4-10)32(25,28)29)16(19)17-26-18(31-27-17)11-5-8-13(21)14(9-11)30-20(22,23)24/h3-9,15-16H,1-2H3,(H2,25,28,29)/t15-,16+/m0/s1. The van der Waals surface area contributed by atoms with Crippen LogP contribution in [0, 0.1) is 11.2 Å². The number of rotatable bonds is 5. The number of benzene rings is 2. The van der Waals surface area contributed by atoms with Crippen molar-refractivity contribution >= 4 is 10.0 Å². The van der Waals surface area contributed by atoms with Gasteiger partial charge in [-0.05, 0) is 41.3 Å². The van der Waals surface area contributed by atoms with E-state index in [2.05, 4.69) is 14.9 Å². The van der Waals surface area contributed by atoms with E-state index in [1.54, 1.807) is 12.1 Å². The highest BCUT2D eigenvalue weighted by Crippen LogP contribution is 2.69. The van der Waals surface area contributed by atoms with Crippen molar-refractivity contribution in [1.82, 2.24) is 10.1 Å². The van der Waals surface area contributed by atoms with Crippen molar-refractivity contribution in [3.05, 3.63) is 59.7 Å². The zero-order valence-corrected chi connectivity index (χ0v) is 17.5. The van der Waals surface area contributed by atoms with Crippen LogP contribution >= 0.6 is 0 Å². The highest BCUT2D eigenvalue weighted by atomic mass is 32.2. The summed E-state index contributed by atoms with van der Waals surface area (Å²) >= 11 is 0. The number of ether oxygens (including phenoxy) is 1. The summed E-state index contributed by atoms with van der Waals surface area (Å²) in [6.45, 7) is 3.94. The first-order valence-corrected chi connectivity index (χ1v) is 10.8. The summed E-state index contributed by atoms with van der Waals surface area (Å²) < 4.78 is 82.9. The molecule has 7 nitrogen and oxygen atoms in total.